The Kier molecular flexibility index (Phi) is 6.73. The van der Waals surface area contributed by atoms with Gasteiger partial charge in [-0.05, 0) is 64.4 Å². The van der Waals surface area contributed by atoms with Gasteiger partial charge in [-0.1, -0.05) is 17.7 Å². The van der Waals surface area contributed by atoms with Gasteiger partial charge in [-0.3, -0.25) is 0 Å². The van der Waals surface area contributed by atoms with E-state index in [1.807, 2.05) is 19.1 Å². The molecule has 0 aromatic heterocycles. The lowest BCUT2D eigenvalue weighted by Crippen LogP contribution is -2.29. The van der Waals surface area contributed by atoms with E-state index in [-0.39, 0.29) is 0 Å². The van der Waals surface area contributed by atoms with Crippen LogP contribution in [0.15, 0.2) is 59.0 Å². The Labute approximate surface area is 200 Å². The molecule has 0 saturated heterocycles. The summed E-state index contributed by atoms with van der Waals surface area (Å²) in [4.78, 5) is 14.5. The SMILES string of the molecule is CCN(CC)c1ccc2c(-c3cc(C)ccc3C(=O)O)c3ccc(=[N+](CC)CC)cc-3oc2c1. The van der Waals surface area contributed by atoms with Crippen LogP contribution in [0.2, 0.25) is 0 Å². The number of benzene rings is 3. The molecule has 0 atom stereocenters. The standard InChI is InChI=1S/C29H32N2O3/c1-6-30(7-2)20-11-14-23-26(17-20)34-27-18-21(31(8-3)9-4)12-15-24(27)28(23)25-16-19(5)10-13-22(25)29(32)33/h10-18H,6-9H2,1-5H3/p+1. The number of hydrogen-bond acceptors (Lipinski definition) is 3. The average molecular weight is 458 g/mol. The van der Waals surface area contributed by atoms with Gasteiger partial charge in [0.1, 0.15) is 24.4 Å². The molecule has 176 valence electrons. The number of aryl methyl sites for hydroxylation is 1. The highest BCUT2D eigenvalue weighted by molar-refractivity contribution is 6.08. The van der Waals surface area contributed by atoms with Crippen LogP contribution in [0.3, 0.4) is 0 Å². The number of nitrogens with zero attached hydrogens (tertiary/aromatic N) is 2. The molecule has 1 N–H and O–H groups in total. The summed E-state index contributed by atoms with van der Waals surface area (Å²) in [5, 5.41) is 12.0. The van der Waals surface area contributed by atoms with E-state index in [1.54, 1.807) is 6.07 Å². The molecule has 1 heterocycles. The summed E-state index contributed by atoms with van der Waals surface area (Å²) in [5.74, 6) is -0.182. The van der Waals surface area contributed by atoms with E-state index in [0.717, 1.165) is 70.6 Å². The monoisotopic (exact) mass is 457 g/mol. The average Bonchev–Trinajstić information content (AvgIpc) is 2.83. The maximum Gasteiger partial charge on any atom is 0.336 e. The lowest BCUT2D eigenvalue weighted by atomic mass is 9.89. The van der Waals surface area contributed by atoms with Gasteiger partial charge in [0.25, 0.3) is 0 Å². The van der Waals surface area contributed by atoms with E-state index in [1.165, 1.54) is 0 Å². The first-order chi connectivity index (χ1) is 16.4. The summed E-state index contributed by atoms with van der Waals surface area (Å²) in [7, 11) is 0. The molecule has 1 aliphatic carbocycles. The molecule has 0 saturated carbocycles. The first-order valence-electron chi connectivity index (χ1n) is 12.1. The Morgan fingerprint density at radius 1 is 0.912 bits per heavy atom. The van der Waals surface area contributed by atoms with Gasteiger partial charge in [-0.15, -0.1) is 0 Å². The number of hydrogen-bond donors (Lipinski definition) is 1. The van der Waals surface area contributed by atoms with Crippen LogP contribution in [0.1, 0.15) is 43.6 Å². The minimum atomic E-state index is -0.934. The highest BCUT2D eigenvalue weighted by Crippen LogP contribution is 2.42. The first kappa shape index (κ1) is 23.6. The third kappa shape index (κ3) is 4.18. The number of aromatic carboxylic acids is 1. The molecule has 0 fully saturated rings. The van der Waals surface area contributed by atoms with Crippen molar-refractivity contribution in [3.8, 4) is 22.5 Å². The smallest absolute Gasteiger partial charge is 0.336 e. The summed E-state index contributed by atoms with van der Waals surface area (Å²) in [5.41, 5.74) is 5.67. The fourth-order valence-corrected chi connectivity index (χ4v) is 4.78. The quantitative estimate of drug-likeness (QED) is 0.279. The molecule has 0 bridgehead atoms. The Morgan fingerprint density at radius 3 is 2.29 bits per heavy atom. The number of rotatable bonds is 7. The van der Waals surface area contributed by atoms with Gasteiger partial charge >= 0.3 is 5.97 Å². The van der Waals surface area contributed by atoms with E-state index in [0.29, 0.717) is 11.1 Å². The Hall–Kier alpha value is -3.60. The molecule has 2 aliphatic rings. The van der Waals surface area contributed by atoms with Crippen molar-refractivity contribution in [2.75, 3.05) is 31.1 Å². The Morgan fingerprint density at radius 2 is 1.65 bits per heavy atom. The van der Waals surface area contributed by atoms with Gasteiger partial charge in [0.2, 0.25) is 5.36 Å². The van der Waals surface area contributed by atoms with Crippen LogP contribution in [-0.4, -0.2) is 37.3 Å². The molecule has 2 aromatic rings. The molecular formula is C29H33N2O3+. The van der Waals surface area contributed by atoms with Gasteiger partial charge < -0.3 is 14.4 Å². The number of anilines is 1. The number of carbonyl (C=O) groups is 1. The summed E-state index contributed by atoms with van der Waals surface area (Å²) >= 11 is 0. The van der Waals surface area contributed by atoms with E-state index in [4.69, 9.17) is 4.42 Å². The molecule has 0 radical (unpaired) electrons. The summed E-state index contributed by atoms with van der Waals surface area (Å²) < 4.78 is 8.78. The van der Waals surface area contributed by atoms with Gasteiger partial charge in [0.05, 0.1) is 11.6 Å². The normalized spacial score (nSPS) is 11.2. The molecule has 34 heavy (non-hydrogen) atoms. The van der Waals surface area contributed by atoms with Gasteiger partial charge in [-0.25, -0.2) is 9.37 Å². The third-order valence-corrected chi connectivity index (χ3v) is 6.62. The van der Waals surface area contributed by atoms with Gasteiger partial charge in [0.15, 0.2) is 0 Å². The highest BCUT2D eigenvalue weighted by Gasteiger charge is 2.23. The maximum absolute atomic E-state index is 12.2. The largest absolute Gasteiger partial charge is 0.478 e. The van der Waals surface area contributed by atoms with Crippen LogP contribution < -0.4 is 14.8 Å². The molecule has 4 rings (SSSR count). The van der Waals surface area contributed by atoms with Crippen molar-refractivity contribution in [3.05, 3.63) is 71.1 Å². The predicted octanol–water partition coefficient (Wildman–Crippen LogP) is 5.87. The maximum atomic E-state index is 12.2. The van der Waals surface area contributed by atoms with Crippen LogP contribution in [0.25, 0.3) is 33.4 Å². The number of carboxylic acids is 1. The number of carboxylic acid groups (broad SMARTS) is 1. The Balaban J connectivity index is 2.16. The zero-order chi connectivity index (χ0) is 24.4. The zero-order valence-corrected chi connectivity index (χ0v) is 20.7. The van der Waals surface area contributed by atoms with Crippen LogP contribution in [0.5, 0.6) is 0 Å². The van der Waals surface area contributed by atoms with Crippen molar-refractivity contribution in [1.29, 1.82) is 0 Å². The highest BCUT2D eigenvalue weighted by atomic mass is 16.4. The second-order valence-electron chi connectivity index (χ2n) is 8.54. The van der Waals surface area contributed by atoms with Crippen LogP contribution in [0.4, 0.5) is 5.69 Å². The molecule has 1 aliphatic heterocycles. The van der Waals surface area contributed by atoms with Crippen molar-refractivity contribution in [2.45, 2.75) is 34.6 Å². The first-order valence-corrected chi connectivity index (χ1v) is 12.1. The lowest BCUT2D eigenvalue weighted by Gasteiger charge is -2.22. The lowest BCUT2D eigenvalue weighted by molar-refractivity contribution is 0.0697. The zero-order valence-electron chi connectivity index (χ0n) is 20.7. The van der Waals surface area contributed by atoms with Crippen molar-refractivity contribution in [2.24, 2.45) is 0 Å². The second kappa shape index (κ2) is 9.72. The topological polar surface area (TPSA) is 56.7 Å². The van der Waals surface area contributed by atoms with Gasteiger partial charge in [0, 0.05) is 47.4 Å². The van der Waals surface area contributed by atoms with E-state index >= 15 is 0 Å². The van der Waals surface area contributed by atoms with Crippen molar-refractivity contribution < 1.29 is 14.3 Å². The van der Waals surface area contributed by atoms with E-state index < -0.39 is 5.97 Å². The van der Waals surface area contributed by atoms with Crippen LogP contribution >= 0.6 is 0 Å². The number of fused-ring (bicyclic) bond motifs is 2. The van der Waals surface area contributed by atoms with Crippen LogP contribution in [-0.2, 0) is 0 Å². The minimum Gasteiger partial charge on any atom is -0.478 e. The second-order valence-corrected chi connectivity index (χ2v) is 8.54. The van der Waals surface area contributed by atoms with Crippen molar-refractivity contribution in [1.82, 2.24) is 4.58 Å². The molecule has 0 unspecified atom stereocenters. The fraction of sp³-hybridized carbons (Fsp3) is 0.310. The fourth-order valence-electron chi connectivity index (χ4n) is 4.78. The Bertz CT molecular complexity index is 1390. The molecule has 0 spiro atoms. The molecule has 5 nitrogen and oxygen atoms in total. The molecule has 5 heteroatoms. The van der Waals surface area contributed by atoms with Crippen molar-refractivity contribution >= 4 is 22.6 Å². The van der Waals surface area contributed by atoms with Crippen molar-refractivity contribution in [3.63, 3.8) is 0 Å². The van der Waals surface area contributed by atoms with E-state index in [9.17, 15) is 9.90 Å². The summed E-state index contributed by atoms with van der Waals surface area (Å²) in [6.45, 7) is 14.1. The van der Waals surface area contributed by atoms with E-state index in [2.05, 4.69) is 73.6 Å². The minimum absolute atomic E-state index is 0.292. The van der Waals surface area contributed by atoms with Gasteiger partial charge in [-0.2, -0.15) is 0 Å². The summed E-state index contributed by atoms with van der Waals surface area (Å²) in [6, 6.07) is 18.0. The molecular weight excluding hydrogens is 424 g/mol. The third-order valence-electron chi connectivity index (χ3n) is 6.62. The van der Waals surface area contributed by atoms with Crippen LogP contribution in [0, 0.1) is 6.92 Å². The molecule has 2 aromatic carbocycles. The molecule has 0 amide bonds. The summed E-state index contributed by atoms with van der Waals surface area (Å²) in [6.07, 6.45) is 0. The predicted molar refractivity (Wildman–Crippen MR) is 140 cm³/mol.